The first-order valence-electron chi connectivity index (χ1n) is 52.4. The number of nitrogens with zero attached hydrogens (tertiary/aromatic N) is 17. The molecule has 6 aliphatic rings. The van der Waals surface area contributed by atoms with Gasteiger partial charge in [-0.15, -0.1) is 0 Å². The summed E-state index contributed by atoms with van der Waals surface area (Å²) in [5.41, 5.74) is 34.2. The first-order valence-corrected chi connectivity index (χ1v) is 54.3. The molecule has 7 N–H and O–H groups in total. The van der Waals surface area contributed by atoms with Gasteiger partial charge in [0, 0.05) is 260 Å². The Bertz CT molecular complexity index is 6700. The number of aromatic nitrogens is 10. The molecule has 6 aliphatic heterocycles. The molecule has 5 aromatic carbocycles. The van der Waals surface area contributed by atoms with Gasteiger partial charge in [-0.3, -0.25) is 44.1 Å². The summed E-state index contributed by atoms with van der Waals surface area (Å²) in [6.45, 7) is 14.5. The van der Waals surface area contributed by atoms with Crippen molar-refractivity contribution in [3.8, 4) is 28.4 Å². The molecule has 6 amide bonds. The highest BCUT2D eigenvalue weighted by Crippen LogP contribution is 2.43. The third-order valence-electron chi connectivity index (χ3n) is 30.0. The van der Waals surface area contributed by atoms with Gasteiger partial charge in [-0.25, -0.2) is 4.79 Å². The number of nitrogens with two attached hydrogens (primary N) is 3. The van der Waals surface area contributed by atoms with E-state index in [1.165, 1.54) is 54.7 Å². The van der Waals surface area contributed by atoms with E-state index in [2.05, 4.69) is 138 Å². The smallest absolute Gasteiger partial charge is 0.320 e. The average Bonchev–Trinajstić information content (AvgIpc) is 1.64. The van der Waals surface area contributed by atoms with Crippen molar-refractivity contribution in [3.05, 3.63) is 298 Å². The van der Waals surface area contributed by atoms with Gasteiger partial charge in [0.2, 0.25) is 23.6 Å². The summed E-state index contributed by atoms with van der Waals surface area (Å²) in [6, 6.07) is 50.1. The fourth-order valence-electron chi connectivity index (χ4n) is 21.8. The van der Waals surface area contributed by atoms with Crippen LogP contribution in [0.2, 0.25) is 25.1 Å². The molecule has 147 heavy (non-hydrogen) atoms. The molecule has 16 heterocycles. The molecular formula is C116H136Cl5N21O5. The monoisotopic (exact) mass is 2080 g/mol. The van der Waals surface area contributed by atoms with Gasteiger partial charge in [0.25, 0.3) is 0 Å². The number of carbonyl (C=O) groups is 5. The van der Waals surface area contributed by atoms with Crippen LogP contribution in [0, 0.1) is 0 Å². The van der Waals surface area contributed by atoms with Gasteiger partial charge in [0.1, 0.15) is 0 Å². The van der Waals surface area contributed by atoms with E-state index < -0.39 is 0 Å². The molecule has 0 unspecified atom stereocenters. The van der Waals surface area contributed by atoms with Crippen LogP contribution in [-0.4, -0.2) is 244 Å². The number of amides is 6. The Kier molecular flexibility index (Phi) is 37.4. The zero-order valence-corrected chi connectivity index (χ0v) is 88.1. The summed E-state index contributed by atoms with van der Waals surface area (Å²) in [5.74, 6) is 3.31. The van der Waals surface area contributed by atoms with Crippen LogP contribution in [-0.2, 0) is 19.2 Å². The Hall–Kier alpha value is -12.1. The molecule has 6 saturated heterocycles. The minimum absolute atomic E-state index is 0.197. The Morgan fingerprint density at radius 2 is 0.497 bits per heavy atom. The number of hydrogen-bond acceptors (Lipinski definition) is 15. The second kappa shape index (κ2) is 51.7. The van der Waals surface area contributed by atoms with Gasteiger partial charge in [-0.05, 0) is 358 Å². The minimum Gasteiger partial charge on any atom is -0.343 e. The number of nitrogens with one attached hydrogen (secondary N) is 1. The molecule has 6 fully saturated rings. The van der Waals surface area contributed by atoms with Crippen molar-refractivity contribution >= 4 is 142 Å². The van der Waals surface area contributed by atoms with Crippen LogP contribution < -0.4 is 22.5 Å². The normalized spacial score (nSPS) is 15.8. The lowest BCUT2D eigenvalue weighted by Crippen LogP contribution is -2.52. The van der Waals surface area contributed by atoms with E-state index in [0.717, 1.165) is 288 Å². The molecular weight excluding hydrogens is 1940 g/mol. The number of piperidine rings is 5. The van der Waals surface area contributed by atoms with E-state index in [1.807, 2.05) is 208 Å². The number of fused-ring (bicyclic) bond motifs is 5. The molecule has 15 aromatic rings. The maximum atomic E-state index is 12.8. The number of pyridine rings is 5. The van der Waals surface area contributed by atoms with Crippen molar-refractivity contribution in [1.82, 2.24) is 87.4 Å². The largest absolute Gasteiger partial charge is 0.343 e. The third kappa shape index (κ3) is 26.6. The van der Waals surface area contributed by atoms with Gasteiger partial charge >= 0.3 is 6.03 Å². The van der Waals surface area contributed by atoms with Gasteiger partial charge in [-0.1, -0.05) is 58.0 Å². The van der Waals surface area contributed by atoms with Crippen LogP contribution in [0.25, 0.3) is 83.0 Å². The first-order chi connectivity index (χ1) is 71.7. The topological polar surface area (TPSA) is 287 Å². The molecule has 0 saturated carbocycles. The summed E-state index contributed by atoms with van der Waals surface area (Å²) in [5, 5.41) is 13.2. The second-order valence-corrected chi connectivity index (χ2v) is 41.8. The van der Waals surface area contributed by atoms with Crippen molar-refractivity contribution in [2.45, 2.75) is 164 Å². The predicted molar refractivity (Wildman–Crippen MR) is 595 cm³/mol. The second-order valence-electron chi connectivity index (χ2n) is 39.7. The molecule has 0 bridgehead atoms. The summed E-state index contributed by atoms with van der Waals surface area (Å²) < 4.78 is 11.0. The van der Waals surface area contributed by atoms with Crippen LogP contribution in [0.1, 0.15) is 192 Å². The van der Waals surface area contributed by atoms with Gasteiger partial charge in [0.15, 0.2) is 0 Å². The van der Waals surface area contributed by atoms with E-state index in [1.54, 1.807) is 0 Å². The molecule has 26 nitrogen and oxygen atoms in total. The zero-order chi connectivity index (χ0) is 102. The van der Waals surface area contributed by atoms with Crippen LogP contribution in [0.5, 0.6) is 0 Å². The third-order valence-corrected chi connectivity index (χ3v) is 31.3. The predicted octanol–water partition coefficient (Wildman–Crippen LogP) is 22.2. The molecule has 770 valence electrons. The Morgan fingerprint density at radius 1 is 0.286 bits per heavy atom. The maximum Gasteiger partial charge on any atom is 0.320 e. The molecule has 0 atom stereocenters. The number of carbonyl (C=O) groups excluding carboxylic acids is 5. The summed E-state index contributed by atoms with van der Waals surface area (Å²) in [7, 11) is 4.15. The highest BCUT2D eigenvalue weighted by atomic mass is 35.5. The Morgan fingerprint density at radius 3 is 0.721 bits per heavy atom. The lowest BCUT2D eigenvalue weighted by molar-refractivity contribution is -0.133. The number of halogens is 5. The standard InChI is InChI=1S/C25H31ClN4O.C23H26ClN5O.2C23H27ClN4O.C22H25ClN4O/c1-28(2)14-4-3-5-25(31)29-15-11-19(12-16-29)23-18-30(21-8-6-20(26)7-9-21)24-17-27-13-10-22(23)24;24-18-1-3-19(4-2-18)29-16-21(20-5-8-26-15-22(20)29)17-6-11-27(12-7-17)23(30)28-13-9-25-10-14-28;2*24-18-4-6-19(7-5-18)28-16-21(20-8-12-26-15-22(20)28)17-9-13-27(14-10-17)23(29)3-1-2-11-25;23-17-3-5-18(6-4-17)27-15-20(19-7-11-25-14-21(19)27)16-8-12-26(13-9-16)22(28)2-1-10-24/h6-10,13,17-19H,3-5,11-12,14-16H2,1-2H3;1-5,8,15-17,25H,6-7,9-14H2;2*4-8,12,15-17H,1-3,9-11,13-14,25H2;3-7,11,14-16H,1-2,8-10,12-13,24H2. The number of likely N-dealkylation sites (tertiary alicyclic amines) is 5. The molecule has 21 rings (SSSR count). The van der Waals surface area contributed by atoms with Crippen LogP contribution >= 0.6 is 58.0 Å². The maximum absolute atomic E-state index is 12.8. The molecule has 0 radical (unpaired) electrons. The fraction of sp³-hybridized carbons (Fsp3) is 0.397. The van der Waals surface area contributed by atoms with E-state index in [-0.39, 0.29) is 23.8 Å². The van der Waals surface area contributed by atoms with Crippen molar-refractivity contribution in [1.29, 1.82) is 0 Å². The number of unbranched alkanes of at least 4 members (excludes halogenated alkanes) is 3. The van der Waals surface area contributed by atoms with E-state index in [0.29, 0.717) is 80.8 Å². The quantitative estimate of drug-likeness (QED) is 0.0367. The number of piperazine rings is 1. The van der Waals surface area contributed by atoms with Crippen LogP contribution in [0.4, 0.5) is 4.79 Å². The Balaban J connectivity index is 0.000000126. The van der Waals surface area contributed by atoms with E-state index >= 15 is 0 Å². The molecule has 31 heteroatoms. The lowest BCUT2D eigenvalue weighted by atomic mass is 9.89. The van der Waals surface area contributed by atoms with Crippen LogP contribution in [0.3, 0.4) is 0 Å². The van der Waals surface area contributed by atoms with Gasteiger partial charge in [0.05, 0.1) is 58.6 Å². The summed E-state index contributed by atoms with van der Waals surface area (Å²) in [4.78, 5) is 98.5. The Labute approximate surface area is 886 Å². The van der Waals surface area contributed by atoms with Crippen molar-refractivity contribution < 1.29 is 24.0 Å². The van der Waals surface area contributed by atoms with Crippen molar-refractivity contribution in [2.24, 2.45) is 17.2 Å². The SMILES string of the molecule is CN(C)CCCCC(=O)N1CCC(c2cn(-c3ccc(Cl)cc3)c3cnccc23)CC1.NCCCC(=O)N1CCC(c2cn(-c3ccc(Cl)cc3)c3cnccc23)CC1.NCCCCC(=O)N1CCC(c2cn(-c3ccc(Cl)cc3)c3cnccc23)CC1.NCCCCC(=O)N1CCC(c2cn(-c3ccc(Cl)cc3)c3cnccc23)CC1.O=C(N1CCNCC1)N1CCC(c2cn(-c3ccc(Cl)cc3)c3cnccc23)CC1. The zero-order valence-electron chi connectivity index (χ0n) is 84.3. The summed E-state index contributed by atoms with van der Waals surface area (Å²) in [6.07, 6.45) is 48.9. The number of hydrogen-bond donors (Lipinski definition) is 4. The van der Waals surface area contributed by atoms with E-state index in [4.69, 9.17) is 75.2 Å². The highest BCUT2D eigenvalue weighted by molar-refractivity contribution is 6.32. The molecule has 10 aromatic heterocycles. The minimum atomic E-state index is 0.197. The molecule has 0 aliphatic carbocycles. The van der Waals surface area contributed by atoms with Gasteiger partial charge < -0.3 is 79.7 Å². The van der Waals surface area contributed by atoms with Gasteiger partial charge in [-0.2, -0.15) is 0 Å². The van der Waals surface area contributed by atoms with Crippen molar-refractivity contribution in [3.63, 3.8) is 0 Å². The summed E-state index contributed by atoms with van der Waals surface area (Å²) >= 11 is 30.3. The highest BCUT2D eigenvalue weighted by Gasteiger charge is 2.35. The number of benzene rings is 5. The number of urea groups is 1. The van der Waals surface area contributed by atoms with E-state index in [9.17, 15) is 24.0 Å². The number of rotatable bonds is 26. The first kappa shape index (κ1) is 106. The van der Waals surface area contributed by atoms with Crippen LogP contribution in [0.15, 0.2) is 245 Å². The van der Waals surface area contributed by atoms with Crippen molar-refractivity contribution in [2.75, 3.05) is 132 Å². The fourth-order valence-corrected chi connectivity index (χ4v) is 22.5. The molecule has 0 spiro atoms. The lowest BCUT2D eigenvalue weighted by Gasteiger charge is -2.37. The average molecular weight is 2080 g/mol.